The maximum Gasteiger partial charge on any atom is 0.220 e. The van der Waals surface area contributed by atoms with E-state index in [4.69, 9.17) is 0 Å². The van der Waals surface area contributed by atoms with Gasteiger partial charge in [-0.15, -0.1) is 0 Å². The number of nitrogens with one attached hydrogen (secondary N) is 1. The van der Waals surface area contributed by atoms with Crippen molar-refractivity contribution in [3.63, 3.8) is 0 Å². The molecule has 0 spiro atoms. The lowest BCUT2D eigenvalue weighted by Gasteiger charge is -2.17. The monoisotopic (exact) mass is 307 g/mol. The van der Waals surface area contributed by atoms with Crippen LogP contribution in [-0.2, 0) is 11.2 Å². The zero-order valence-corrected chi connectivity index (χ0v) is 13.0. The van der Waals surface area contributed by atoms with Gasteiger partial charge in [-0.25, -0.2) is 0 Å². The predicted molar refractivity (Wildman–Crippen MR) is 91.7 cm³/mol. The molecule has 3 rings (SSSR count). The molecule has 2 N–H and O–H groups in total. The van der Waals surface area contributed by atoms with Crippen molar-refractivity contribution in [2.45, 2.75) is 31.4 Å². The minimum atomic E-state index is -0.531. The molecule has 2 unspecified atom stereocenters. The molecule has 0 aromatic heterocycles. The number of allylic oxidation sites excluding steroid dienone is 1. The topological polar surface area (TPSA) is 49.3 Å². The number of fused-ring (bicyclic) bond motifs is 1. The molecule has 2 aromatic rings. The van der Waals surface area contributed by atoms with Gasteiger partial charge in [0.05, 0.1) is 12.1 Å². The van der Waals surface area contributed by atoms with Crippen molar-refractivity contribution in [2.24, 2.45) is 0 Å². The summed E-state index contributed by atoms with van der Waals surface area (Å²) in [4.78, 5) is 12.1. The van der Waals surface area contributed by atoms with Crippen LogP contribution in [-0.4, -0.2) is 17.1 Å². The molecule has 0 aliphatic heterocycles. The van der Waals surface area contributed by atoms with Crippen LogP contribution in [0.2, 0.25) is 0 Å². The summed E-state index contributed by atoms with van der Waals surface area (Å²) < 4.78 is 0. The summed E-state index contributed by atoms with van der Waals surface area (Å²) in [6.45, 7) is 0. The van der Waals surface area contributed by atoms with E-state index in [2.05, 4.69) is 5.32 Å². The quantitative estimate of drug-likeness (QED) is 0.891. The molecule has 0 radical (unpaired) electrons. The highest BCUT2D eigenvalue weighted by Gasteiger charge is 2.31. The Hall–Kier alpha value is -2.39. The second-order valence-corrected chi connectivity index (χ2v) is 5.87. The maximum absolute atomic E-state index is 12.1. The van der Waals surface area contributed by atoms with E-state index in [1.165, 1.54) is 0 Å². The van der Waals surface area contributed by atoms with Gasteiger partial charge in [0, 0.05) is 12.8 Å². The number of carbonyl (C=O) groups excluding carboxylic acids is 1. The van der Waals surface area contributed by atoms with Crippen molar-refractivity contribution in [3.8, 4) is 0 Å². The van der Waals surface area contributed by atoms with E-state index >= 15 is 0 Å². The van der Waals surface area contributed by atoms with Crippen LogP contribution in [0.5, 0.6) is 0 Å². The molecule has 1 aliphatic carbocycles. The molecule has 0 saturated heterocycles. The summed E-state index contributed by atoms with van der Waals surface area (Å²) in [7, 11) is 0. The smallest absolute Gasteiger partial charge is 0.220 e. The van der Waals surface area contributed by atoms with Crippen LogP contribution >= 0.6 is 0 Å². The summed E-state index contributed by atoms with van der Waals surface area (Å²) in [5.74, 6) is -0.0246. The van der Waals surface area contributed by atoms with Gasteiger partial charge in [0.1, 0.15) is 0 Å². The molecule has 0 saturated carbocycles. The van der Waals surface area contributed by atoms with Gasteiger partial charge in [0.25, 0.3) is 0 Å². The molecule has 23 heavy (non-hydrogen) atoms. The van der Waals surface area contributed by atoms with Crippen LogP contribution < -0.4 is 5.32 Å². The van der Waals surface area contributed by atoms with E-state index in [9.17, 15) is 9.90 Å². The van der Waals surface area contributed by atoms with E-state index in [0.29, 0.717) is 19.3 Å². The molecule has 3 nitrogen and oxygen atoms in total. The first-order chi connectivity index (χ1) is 11.2. The maximum atomic E-state index is 12.1. The van der Waals surface area contributed by atoms with Crippen molar-refractivity contribution in [1.29, 1.82) is 0 Å². The third kappa shape index (κ3) is 3.88. The average molecular weight is 307 g/mol. The van der Waals surface area contributed by atoms with Crippen LogP contribution in [0.3, 0.4) is 0 Å². The number of carbonyl (C=O) groups is 1. The molecule has 0 heterocycles. The molecule has 1 aliphatic rings. The number of rotatable bonds is 5. The summed E-state index contributed by atoms with van der Waals surface area (Å²) in [5.41, 5.74) is 3.29. The van der Waals surface area contributed by atoms with E-state index in [-0.39, 0.29) is 11.9 Å². The van der Waals surface area contributed by atoms with Gasteiger partial charge >= 0.3 is 0 Å². The van der Waals surface area contributed by atoms with E-state index in [1.807, 2.05) is 66.7 Å². The van der Waals surface area contributed by atoms with Crippen LogP contribution in [0.15, 0.2) is 60.7 Å². The zero-order chi connectivity index (χ0) is 16.1. The van der Waals surface area contributed by atoms with Gasteiger partial charge in [0.2, 0.25) is 5.91 Å². The first kappa shape index (κ1) is 15.5. The molecule has 3 heteroatoms. The Morgan fingerprint density at radius 3 is 2.70 bits per heavy atom. The normalized spacial score (nSPS) is 19.7. The fourth-order valence-electron chi connectivity index (χ4n) is 2.99. The Balaban J connectivity index is 1.51. The van der Waals surface area contributed by atoms with Gasteiger partial charge in [-0.2, -0.15) is 0 Å². The second kappa shape index (κ2) is 7.25. The third-order valence-corrected chi connectivity index (χ3v) is 4.17. The minimum Gasteiger partial charge on any atom is -0.390 e. The van der Waals surface area contributed by atoms with Crippen LogP contribution in [0, 0.1) is 0 Å². The van der Waals surface area contributed by atoms with Gasteiger partial charge < -0.3 is 10.4 Å². The van der Waals surface area contributed by atoms with Gasteiger partial charge in [-0.1, -0.05) is 66.7 Å². The Bertz CT molecular complexity index is 694. The Labute approximate surface area is 136 Å². The lowest BCUT2D eigenvalue weighted by molar-refractivity contribution is -0.122. The Morgan fingerprint density at radius 2 is 1.87 bits per heavy atom. The molecule has 2 aromatic carbocycles. The molecular formula is C20H21NO2. The van der Waals surface area contributed by atoms with Gasteiger partial charge in [-0.05, 0) is 23.1 Å². The van der Waals surface area contributed by atoms with Crippen LogP contribution in [0.4, 0.5) is 0 Å². The van der Waals surface area contributed by atoms with Gasteiger partial charge in [0.15, 0.2) is 0 Å². The zero-order valence-electron chi connectivity index (χ0n) is 13.0. The number of amides is 1. The molecular weight excluding hydrogens is 286 g/mol. The summed E-state index contributed by atoms with van der Waals surface area (Å²) in [6, 6.07) is 17.6. The lowest BCUT2D eigenvalue weighted by atomic mass is 10.1. The highest BCUT2D eigenvalue weighted by atomic mass is 16.3. The fraction of sp³-hybridized carbons (Fsp3) is 0.250. The van der Waals surface area contributed by atoms with Crippen LogP contribution in [0.25, 0.3) is 6.08 Å². The largest absolute Gasteiger partial charge is 0.390 e. The first-order valence-electron chi connectivity index (χ1n) is 8.01. The highest BCUT2D eigenvalue weighted by Crippen LogP contribution is 2.31. The molecule has 1 amide bonds. The van der Waals surface area contributed by atoms with Crippen molar-refractivity contribution in [1.82, 2.24) is 5.32 Å². The SMILES string of the molecule is O=C(CCC=Cc1ccccc1)NC1c2ccccc2CC1O. The predicted octanol–water partition coefficient (Wildman–Crippen LogP) is 3.25. The Kier molecular flexibility index (Phi) is 4.89. The number of hydrogen-bond donors (Lipinski definition) is 2. The average Bonchev–Trinajstić information content (AvgIpc) is 2.88. The summed E-state index contributed by atoms with van der Waals surface area (Å²) in [5, 5.41) is 13.1. The van der Waals surface area contributed by atoms with Crippen LogP contribution in [0.1, 0.15) is 35.6 Å². The molecule has 118 valence electrons. The minimum absolute atomic E-state index is 0.0246. The van der Waals surface area contributed by atoms with E-state index in [1.54, 1.807) is 0 Å². The van der Waals surface area contributed by atoms with Crippen molar-refractivity contribution < 1.29 is 9.90 Å². The van der Waals surface area contributed by atoms with Crippen molar-refractivity contribution in [3.05, 3.63) is 77.4 Å². The second-order valence-electron chi connectivity index (χ2n) is 5.87. The summed E-state index contributed by atoms with van der Waals surface area (Å²) in [6.07, 6.45) is 5.21. The first-order valence-corrected chi connectivity index (χ1v) is 8.01. The number of aliphatic hydroxyl groups excluding tert-OH is 1. The number of aliphatic hydroxyl groups is 1. The third-order valence-electron chi connectivity index (χ3n) is 4.17. The summed E-state index contributed by atoms with van der Waals surface area (Å²) >= 11 is 0. The number of benzene rings is 2. The highest BCUT2D eigenvalue weighted by molar-refractivity contribution is 5.77. The molecule has 0 bridgehead atoms. The van der Waals surface area contributed by atoms with E-state index < -0.39 is 6.10 Å². The fourth-order valence-corrected chi connectivity index (χ4v) is 2.99. The number of hydrogen-bond acceptors (Lipinski definition) is 2. The van der Waals surface area contributed by atoms with Crippen molar-refractivity contribution >= 4 is 12.0 Å². The van der Waals surface area contributed by atoms with Gasteiger partial charge in [-0.3, -0.25) is 4.79 Å². The lowest BCUT2D eigenvalue weighted by Crippen LogP contribution is -2.33. The van der Waals surface area contributed by atoms with E-state index in [0.717, 1.165) is 16.7 Å². The molecule has 2 atom stereocenters. The van der Waals surface area contributed by atoms with Crippen molar-refractivity contribution in [2.75, 3.05) is 0 Å². The Morgan fingerprint density at radius 1 is 1.13 bits per heavy atom. The standard InChI is InChI=1S/C20H21NO2/c22-18-14-16-11-5-6-12-17(16)20(18)21-19(23)13-7-4-10-15-8-2-1-3-9-15/h1-6,8-12,18,20,22H,7,13-14H2,(H,21,23). The molecule has 0 fully saturated rings.